The van der Waals surface area contributed by atoms with Crippen molar-refractivity contribution in [3.63, 3.8) is 0 Å². The second-order valence-electron chi connectivity index (χ2n) is 7.53. The molecule has 0 radical (unpaired) electrons. The van der Waals surface area contributed by atoms with Gasteiger partial charge in [0, 0.05) is 10.6 Å². The van der Waals surface area contributed by atoms with Crippen molar-refractivity contribution in [3.8, 4) is 11.5 Å². The lowest BCUT2D eigenvalue weighted by Gasteiger charge is -2.15. The van der Waals surface area contributed by atoms with E-state index in [1.807, 2.05) is 75.4 Å². The third kappa shape index (κ3) is 7.07. The van der Waals surface area contributed by atoms with Crippen LogP contribution in [0.15, 0.2) is 64.2 Å². The molecule has 0 spiro atoms. The first-order chi connectivity index (χ1) is 15.9. The van der Waals surface area contributed by atoms with Gasteiger partial charge in [0.15, 0.2) is 11.5 Å². The van der Waals surface area contributed by atoms with Crippen LogP contribution in [0.5, 0.6) is 11.5 Å². The Morgan fingerprint density at radius 2 is 1.88 bits per heavy atom. The van der Waals surface area contributed by atoms with Gasteiger partial charge in [0.25, 0.3) is 0 Å². The Kier molecular flexibility index (Phi) is 8.92. The number of carbonyl (C=O) groups excluding carboxylic acids is 1. The molecular weight excluding hydrogens is 504 g/mol. The normalized spacial score (nSPS) is 10.9. The molecule has 172 valence electrons. The van der Waals surface area contributed by atoms with Crippen molar-refractivity contribution >= 4 is 39.7 Å². The Hall–Kier alpha value is -2.83. The number of hydrazone groups is 1. The highest BCUT2D eigenvalue weighted by Gasteiger charge is 2.13. The molecule has 33 heavy (non-hydrogen) atoms. The highest BCUT2D eigenvalue weighted by molar-refractivity contribution is 9.10. The molecule has 7 heteroatoms. The van der Waals surface area contributed by atoms with Gasteiger partial charge in [-0.1, -0.05) is 48.0 Å². The molecule has 3 aromatic rings. The van der Waals surface area contributed by atoms with Crippen molar-refractivity contribution in [1.82, 2.24) is 5.43 Å². The highest BCUT2D eigenvalue weighted by atomic mass is 79.9. The molecule has 1 N–H and O–H groups in total. The number of hydrogen-bond donors (Lipinski definition) is 1. The van der Waals surface area contributed by atoms with Gasteiger partial charge in [-0.25, -0.2) is 5.43 Å². The first kappa shape index (κ1) is 24.8. The number of nitrogens with zero attached hydrogens (tertiary/aromatic N) is 1. The van der Waals surface area contributed by atoms with Crippen molar-refractivity contribution in [2.75, 3.05) is 6.61 Å². The molecular formula is C26H26BrClN2O3. The van der Waals surface area contributed by atoms with Gasteiger partial charge in [0.1, 0.15) is 6.61 Å². The van der Waals surface area contributed by atoms with Crippen molar-refractivity contribution in [1.29, 1.82) is 0 Å². The van der Waals surface area contributed by atoms with Crippen molar-refractivity contribution in [2.24, 2.45) is 5.10 Å². The lowest BCUT2D eigenvalue weighted by Crippen LogP contribution is -2.19. The van der Waals surface area contributed by atoms with Gasteiger partial charge in [-0.15, -0.1) is 0 Å². The number of aryl methyl sites for hydroxylation is 2. The molecule has 5 nitrogen and oxygen atoms in total. The minimum Gasteiger partial charge on any atom is -0.490 e. The van der Waals surface area contributed by atoms with Crippen LogP contribution in [0.3, 0.4) is 0 Å². The number of carbonyl (C=O) groups is 1. The van der Waals surface area contributed by atoms with E-state index in [-0.39, 0.29) is 12.3 Å². The monoisotopic (exact) mass is 528 g/mol. The van der Waals surface area contributed by atoms with Crippen molar-refractivity contribution in [3.05, 3.63) is 91.9 Å². The average Bonchev–Trinajstić information content (AvgIpc) is 2.77. The van der Waals surface area contributed by atoms with Crippen molar-refractivity contribution < 1.29 is 14.3 Å². The molecule has 0 aliphatic heterocycles. The molecule has 1 amide bonds. The maximum atomic E-state index is 12.2. The Morgan fingerprint density at radius 3 is 2.61 bits per heavy atom. The van der Waals surface area contributed by atoms with Crippen LogP contribution < -0.4 is 14.9 Å². The summed E-state index contributed by atoms with van der Waals surface area (Å²) in [7, 11) is 0. The van der Waals surface area contributed by atoms with Gasteiger partial charge >= 0.3 is 0 Å². The minimum absolute atomic E-state index is 0.182. The first-order valence-corrected chi connectivity index (χ1v) is 11.7. The zero-order chi connectivity index (χ0) is 23.8. The molecule has 0 heterocycles. The van der Waals surface area contributed by atoms with Crippen LogP contribution in [0.2, 0.25) is 5.02 Å². The number of benzene rings is 3. The summed E-state index contributed by atoms with van der Waals surface area (Å²) in [5.74, 6) is 0.966. The number of hydrogen-bond acceptors (Lipinski definition) is 4. The predicted octanol–water partition coefficient (Wildman–Crippen LogP) is 6.39. The zero-order valence-corrected chi connectivity index (χ0v) is 21.2. The van der Waals surface area contributed by atoms with Gasteiger partial charge in [-0.2, -0.15) is 5.10 Å². The molecule has 0 aromatic heterocycles. The molecule has 3 aromatic carbocycles. The maximum Gasteiger partial charge on any atom is 0.244 e. The minimum atomic E-state index is -0.182. The van der Waals surface area contributed by atoms with E-state index in [4.69, 9.17) is 21.1 Å². The Labute approximate surface area is 207 Å². The summed E-state index contributed by atoms with van der Waals surface area (Å²) in [5, 5.41) is 4.74. The molecule has 3 rings (SSSR count). The van der Waals surface area contributed by atoms with E-state index in [9.17, 15) is 4.79 Å². The summed E-state index contributed by atoms with van der Waals surface area (Å²) < 4.78 is 12.5. The molecule has 0 unspecified atom stereocenters. The predicted molar refractivity (Wildman–Crippen MR) is 136 cm³/mol. The van der Waals surface area contributed by atoms with E-state index in [0.717, 1.165) is 22.3 Å². The number of halogens is 2. The Morgan fingerprint density at radius 1 is 1.09 bits per heavy atom. The van der Waals surface area contributed by atoms with E-state index in [0.29, 0.717) is 34.2 Å². The van der Waals surface area contributed by atoms with Crippen LogP contribution in [0, 0.1) is 13.8 Å². The zero-order valence-electron chi connectivity index (χ0n) is 18.8. The quantitative estimate of drug-likeness (QED) is 0.258. The first-order valence-electron chi connectivity index (χ1n) is 10.6. The molecule has 0 atom stereocenters. The van der Waals surface area contributed by atoms with Crippen LogP contribution in [-0.2, 0) is 17.8 Å². The van der Waals surface area contributed by atoms with Gasteiger partial charge in [-0.05, 0) is 77.2 Å². The summed E-state index contributed by atoms with van der Waals surface area (Å²) in [5.41, 5.74) is 7.53. The van der Waals surface area contributed by atoms with Crippen LogP contribution in [0.1, 0.15) is 34.7 Å². The summed E-state index contributed by atoms with van der Waals surface area (Å²) in [6.07, 6.45) is 1.84. The average molecular weight is 530 g/mol. The van der Waals surface area contributed by atoms with E-state index < -0.39 is 0 Å². The van der Waals surface area contributed by atoms with Crippen molar-refractivity contribution in [2.45, 2.75) is 33.8 Å². The van der Waals surface area contributed by atoms with Crippen LogP contribution in [0.4, 0.5) is 0 Å². The maximum absolute atomic E-state index is 12.2. The van der Waals surface area contributed by atoms with E-state index in [1.54, 1.807) is 6.21 Å². The molecule has 0 saturated heterocycles. The fourth-order valence-electron chi connectivity index (χ4n) is 3.15. The number of ether oxygens (including phenoxy) is 2. The lowest BCUT2D eigenvalue weighted by molar-refractivity contribution is -0.120. The molecule has 0 saturated carbocycles. The van der Waals surface area contributed by atoms with E-state index in [1.165, 1.54) is 5.56 Å². The molecule has 0 bridgehead atoms. The summed E-state index contributed by atoms with van der Waals surface area (Å²) in [6.45, 7) is 6.76. The Bertz CT molecular complexity index is 1160. The summed E-state index contributed by atoms with van der Waals surface area (Å²) in [6, 6.07) is 17.2. The van der Waals surface area contributed by atoms with Gasteiger partial charge in [0.2, 0.25) is 5.91 Å². The SMILES string of the molecule is CCOc1cc(/C=N\NC(=O)Cc2ccc(C)c(C)c2)cc(Br)c1OCc1ccccc1Cl. The van der Waals surface area contributed by atoms with Gasteiger partial charge in [0.05, 0.1) is 23.7 Å². The van der Waals surface area contributed by atoms with Gasteiger partial charge in [-0.3, -0.25) is 4.79 Å². The largest absolute Gasteiger partial charge is 0.490 e. The third-order valence-electron chi connectivity index (χ3n) is 5.00. The summed E-state index contributed by atoms with van der Waals surface area (Å²) >= 11 is 9.78. The smallest absolute Gasteiger partial charge is 0.244 e. The fraction of sp³-hybridized carbons (Fsp3) is 0.231. The summed E-state index contributed by atoms with van der Waals surface area (Å²) in [4.78, 5) is 12.2. The highest BCUT2D eigenvalue weighted by Crippen LogP contribution is 2.37. The Balaban J connectivity index is 1.67. The second-order valence-corrected chi connectivity index (χ2v) is 8.79. The number of rotatable bonds is 9. The lowest BCUT2D eigenvalue weighted by atomic mass is 10.0. The number of amides is 1. The molecule has 0 aliphatic rings. The van der Waals surface area contributed by atoms with Crippen LogP contribution >= 0.6 is 27.5 Å². The van der Waals surface area contributed by atoms with Crippen LogP contribution in [-0.4, -0.2) is 18.7 Å². The second kappa shape index (κ2) is 11.9. The topological polar surface area (TPSA) is 59.9 Å². The fourth-order valence-corrected chi connectivity index (χ4v) is 3.91. The van der Waals surface area contributed by atoms with Crippen LogP contribution in [0.25, 0.3) is 0 Å². The molecule has 0 aliphatic carbocycles. The number of nitrogens with one attached hydrogen (secondary N) is 1. The van der Waals surface area contributed by atoms with E-state index >= 15 is 0 Å². The third-order valence-corrected chi connectivity index (χ3v) is 5.96. The standard InChI is InChI=1S/C26H26BrClN2O3/c1-4-32-24-13-20(12-22(27)26(24)33-16-21-7-5-6-8-23(21)28)15-29-30-25(31)14-19-10-9-17(2)18(3)11-19/h5-13,15H,4,14,16H2,1-3H3,(H,30,31)/b29-15-. The van der Waals surface area contributed by atoms with Gasteiger partial charge < -0.3 is 9.47 Å². The molecule has 0 fully saturated rings. The van der Waals surface area contributed by atoms with E-state index in [2.05, 4.69) is 26.5 Å².